The normalized spacial score (nSPS) is 17.5. The number of aryl methyl sites for hydroxylation is 1. The zero-order valence-electron chi connectivity index (χ0n) is 19.6. The summed E-state index contributed by atoms with van der Waals surface area (Å²) in [5.74, 6) is 0.106. The van der Waals surface area contributed by atoms with Crippen LogP contribution in [0.1, 0.15) is 5.56 Å². The van der Waals surface area contributed by atoms with Gasteiger partial charge in [-0.2, -0.15) is 0 Å². The van der Waals surface area contributed by atoms with Crippen molar-refractivity contribution in [2.24, 2.45) is 7.05 Å². The monoisotopic (exact) mass is 481 g/mol. The number of imide groups is 1. The first-order valence-corrected chi connectivity index (χ1v) is 11.4. The Bertz CT molecular complexity index is 1670. The molecule has 0 aliphatic carbocycles. The third-order valence-corrected chi connectivity index (χ3v) is 6.84. The maximum Gasteiger partial charge on any atom is 0.322 e. The molecule has 0 unspecified atom stereocenters. The second kappa shape index (κ2) is 7.88. The summed E-state index contributed by atoms with van der Waals surface area (Å²) < 4.78 is 8.79. The summed E-state index contributed by atoms with van der Waals surface area (Å²) >= 11 is 0. The predicted octanol–water partition coefficient (Wildman–Crippen LogP) is 3.64. The van der Waals surface area contributed by atoms with E-state index < -0.39 is 17.5 Å². The summed E-state index contributed by atoms with van der Waals surface area (Å²) in [7, 11) is 3.51. The maximum absolute atomic E-state index is 13.1. The molecule has 2 aromatic carbocycles. The van der Waals surface area contributed by atoms with Crippen molar-refractivity contribution in [3.05, 3.63) is 78.8 Å². The molecule has 3 amide bonds. The topological polar surface area (TPSA) is 110 Å². The Morgan fingerprint density at radius 1 is 1.03 bits per heavy atom. The van der Waals surface area contributed by atoms with Gasteiger partial charge in [-0.05, 0) is 41.5 Å². The van der Waals surface area contributed by atoms with E-state index in [-0.39, 0.29) is 12.4 Å². The van der Waals surface area contributed by atoms with Crippen LogP contribution < -0.4 is 15.4 Å². The van der Waals surface area contributed by atoms with Crippen LogP contribution in [0.4, 0.5) is 4.79 Å². The van der Waals surface area contributed by atoms with Gasteiger partial charge in [0.2, 0.25) is 0 Å². The summed E-state index contributed by atoms with van der Waals surface area (Å²) in [6.45, 7) is 0.00424. The molecule has 0 radical (unpaired) electrons. The fourth-order valence-corrected chi connectivity index (χ4v) is 4.89. The number of methoxy groups -OCH3 is 1. The molecule has 1 aliphatic heterocycles. The molecule has 3 aromatic heterocycles. The minimum Gasteiger partial charge on any atom is -0.497 e. The van der Waals surface area contributed by atoms with Crippen molar-refractivity contribution in [1.29, 1.82) is 0 Å². The molecule has 180 valence electrons. The molecule has 3 N–H and O–H groups in total. The Morgan fingerprint density at radius 3 is 2.56 bits per heavy atom. The van der Waals surface area contributed by atoms with E-state index in [0.717, 1.165) is 27.5 Å². The number of ether oxygens (including phenoxy) is 1. The molecule has 4 heterocycles. The first-order chi connectivity index (χ1) is 17.4. The van der Waals surface area contributed by atoms with Gasteiger partial charge in [-0.15, -0.1) is 0 Å². The second-order valence-electron chi connectivity index (χ2n) is 8.99. The van der Waals surface area contributed by atoms with E-state index in [2.05, 4.69) is 21.7 Å². The number of carbonyl (C=O) groups is 2. The lowest BCUT2D eigenvalue weighted by Gasteiger charge is -2.27. The number of pyridine rings is 1. The Morgan fingerprint density at radius 2 is 1.83 bits per heavy atom. The maximum atomic E-state index is 13.1. The first kappa shape index (κ1) is 21.7. The van der Waals surface area contributed by atoms with E-state index in [1.807, 2.05) is 60.4 Å². The third-order valence-electron chi connectivity index (χ3n) is 6.84. The van der Waals surface area contributed by atoms with Crippen molar-refractivity contribution < 1.29 is 19.4 Å². The number of benzene rings is 2. The van der Waals surface area contributed by atoms with Gasteiger partial charge in [-0.3, -0.25) is 10.1 Å². The quantitative estimate of drug-likeness (QED) is 0.332. The molecule has 36 heavy (non-hydrogen) atoms. The van der Waals surface area contributed by atoms with Crippen molar-refractivity contribution in [3.63, 3.8) is 0 Å². The molecular weight excluding hydrogens is 458 g/mol. The van der Waals surface area contributed by atoms with Gasteiger partial charge < -0.3 is 24.3 Å². The number of aromatic nitrogens is 3. The molecule has 6 rings (SSSR count). The zero-order chi connectivity index (χ0) is 25.0. The number of hydrogen-bond donors (Lipinski definition) is 3. The number of aromatic hydroxyl groups is 1. The summed E-state index contributed by atoms with van der Waals surface area (Å²) in [5, 5.41) is 18.5. The lowest BCUT2D eigenvalue weighted by Crippen LogP contribution is -2.47. The van der Waals surface area contributed by atoms with Crippen LogP contribution in [0.25, 0.3) is 32.9 Å². The standard InChI is InChI=1S/C27H23N5O4/c1-31-10-9-17-11-19(13-28-23(17)31)16-3-6-20(7-4-16)27(25(34)29-26(35)30-27)15-32-14-18-5-8-21(36-2)12-22(18)24(32)33/h3-14,33H,15H2,1-2H3,(H2,29,30,34,35)/t27-/m0/s1. The lowest BCUT2D eigenvalue weighted by molar-refractivity contribution is -0.124. The Balaban J connectivity index is 1.39. The number of nitrogens with zero attached hydrogens (tertiary/aromatic N) is 3. The summed E-state index contributed by atoms with van der Waals surface area (Å²) in [6.07, 6.45) is 5.53. The van der Waals surface area contributed by atoms with Crippen LogP contribution in [0.2, 0.25) is 0 Å². The highest BCUT2D eigenvalue weighted by Crippen LogP contribution is 2.35. The Labute approximate surface area is 205 Å². The van der Waals surface area contributed by atoms with Crippen LogP contribution in [0, 0.1) is 0 Å². The lowest BCUT2D eigenvalue weighted by atomic mass is 9.88. The van der Waals surface area contributed by atoms with Crippen LogP contribution in [0.3, 0.4) is 0 Å². The molecule has 0 saturated carbocycles. The molecule has 1 saturated heterocycles. The number of amides is 3. The third kappa shape index (κ3) is 3.28. The summed E-state index contributed by atoms with van der Waals surface area (Å²) in [6, 6.07) is 16.3. The van der Waals surface area contributed by atoms with Gasteiger partial charge in [0.1, 0.15) is 11.4 Å². The molecule has 0 bridgehead atoms. The molecule has 1 aliphatic rings. The fraction of sp³-hybridized carbons (Fsp3) is 0.148. The minimum atomic E-state index is -1.39. The average molecular weight is 482 g/mol. The molecule has 9 nitrogen and oxygen atoms in total. The van der Waals surface area contributed by atoms with E-state index in [0.29, 0.717) is 16.7 Å². The fourth-order valence-electron chi connectivity index (χ4n) is 4.89. The van der Waals surface area contributed by atoms with Crippen LogP contribution in [0.5, 0.6) is 11.6 Å². The highest BCUT2D eigenvalue weighted by atomic mass is 16.5. The van der Waals surface area contributed by atoms with Crippen LogP contribution in [-0.2, 0) is 23.9 Å². The van der Waals surface area contributed by atoms with Gasteiger partial charge in [0.25, 0.3) is 5.91 Å². The van der Waals surface area contributed by atoms with Crippen molar-refractivity contribution in [3.8, 4) is 22.8 Å². The number of rotatable bonds is 5. The van der Waals surface area contributed by atoms with Gasteiger partial charge in [0.05, 0.1) is 13.7 Å². The van der Waals surface area contributed by atoms with Crippen molar-refractivity contribution in [1.82, 2.24) is 24.8 Å². The molecule has 5 aromatic rings. The number of urea groups is 1. The SMILES string of the molecule is COc1ccc2cn(C[C@@]3(c4ccc(-c5cnc6c(ccn6C)c5)cc4)NC(=O)NC3=O)c(O)c2c1. The van der Waals surface area contributed by atoms with E-state index in [1.54, 1.807) is 30.0 Å². The molecule has 9 heteroatoms. The Kier molecular flexibility index (Phi) is 4.75. The van der Waals surface area contributed by atoms with Gasteiger partial charge in [-0.25, -0.2) is 9.78 Å². The summed E-state index contributed by atoms with van der Waals surface area (Å²) in [4.78, 5) is 29.9. The van der Waals surface area contributed by atoms with Crippen LogP contribution in [-0.4, -0.2) is 38.3 Å². The number of carbonyl (C=O) groups excluding carboxylic acids is 2. The first-order valence-electron chi connectivity index (χ1n) is 11.4. The highest BCUT2D eigenvalue weighted by Gasteiger charge is 2.48. The largest absolute Gasteiger partial charge is 0.497 e. The molecule has 0 spiro atoms. The van der Waals surface area contributed by atoms with Crippen LogP contribution >= 0.6 is 0 Å². The number of hydrogen-bond acceptors (Lipinski definition) is 5. The minimum absolute atomic E-state index is 0.00424. The van der Waals surface area contributed by atoms with Gasteiger partial charge in [0, 0.05) is 47.4 Å². The highest BCUT2D eigenvalue weighted by molar-refractivity contribution is 6.07. The van der Waals surface area contributed by atoms with E-state index in [4.69, 9.17) is 4.74 Å². The molecule has 1 atom stereocenters. The van der Waals surface area contributed by atoms with Crippen molar-refractivity contribution >= 4 is 33.7 Å². The van der Waals surface area contributed by atoms with Crippen molar-refractivity contribution in [2.75, 3.05) is 7.11 Å². The van der Waals surface area contributed by atoms with E-state index >= 15 is 0 Å². The van der Waals surface area contributed by atoms with Gasteiger partial charge in [0.15, 0.2) is 11.4 Å². The van der Waals surface area contributed by atoms with Gasteiger partial charge >= 0.3 is 6.03 Å². The summed E-state index contributed by atoms with van der Waals surface area (Å²) in [5.41, 5.74) is 1.97. The smallest absolute Gasteiger partial charge is 0.322 e. The zero-order valence-corrected chi connectivity index (χ0v) is 19.6. The Hall–Kier alpha value is -4.79. The van der Waals surface area contributed by atoms with Gasteiger partial charge in [-0.1, -0.05) is 24.3 Å². The second-order valence-corrected chi connectivity index (χ2v) is 8.99. The van der Waals surface area contributed by atoms with Crippen molar-refractivity contribution in [2.45, 2.75) is 12.1 Å². The van der Waals surface area contributed by atoms with E-state index in [9.17, 15) is 14.7 Å². The predicted molar refractivity (Wildman–Crippen MR) is 135 cm³/mol. The molecule has 1 fully saturated rings. The number of nitrogens with one attached hydrogen (secondary N) is 2. The average Bonchev–Trinajstić information content (AvgIpc) is 3.51. The number of fused-ring (bicyclic) bond motifs is 2. The van der Waals surface area contributed by atoms with Crippen LogP contribution in [0.15, 0.2) is 73.2 Å². The van der Waals surface area contributed by atoms with E-state index in [1.165, 1.54) is 0 Å². The molecular formula is C27H23N5O4.